The molecular weight excluding hydrogens is 418 g/mol. The maximum atomic E-state index is 11.5. The Kier molecular flexibility index (Phi) is 8.73. The Hall–Kier alpha value is -2.35. The molecule has 0 aromatic carbocycles. The van der Waals surface area contributed by atoms with Gasteiger partial charge in [-0.3, -0.25) is 4.79 Å². The molecule has 1 aliphatic rings. The second kappa shape index (κ2) is 11.5. The molecular formula is C20H33N7O5. The summed E-state index contributed by atoms with van der Waals surface area (Å²) < 4.78 is 7.24. The van der Waals surface area contributed by atoms with Crippen molar-refractivity contribution in [1.82, 2.24) is 19.9 Å². The van der Waals surface area contributed by atoms with Crippen LogP contribution in [-0.2, 0) is 9.53 Å². The van der Waals surface area contributed by atoms with Crippen molar-refractivity contribution >= 4 is 22.8 Å². The number of anilines is 1. The molecule has 0 saturated carbocycles. The number of rotatable bonds is 12. The molecule has 3 rings (SSSR count). The highest BCUT2D eigenvalue weighted by Gasteiger charge is 2.43. The van der Waals surface area contributed by atoms with Crippen LogP contribution in [0.4, 0.5) is 5.82 Å². The topological polar surface area (TPSA) is 194 Å². The lowest BCUT2D eigenvalue weighted by atomic mass is 10.1. The summed E-state index contributed by atoms with van der Waals surface area (Å²) in [6.45, 7) is 1.05. The molecule has 1 aliphatic heterocycles. The van der Waals surface area contributed by atoms with Gasteiger partial charge in [0.25, 0.3) is 0 Å². The molecule has 3 heterocycles. The quantitative estimate of drug-likeness (QED) is 0.185. The van der Waals surface area contributed by atoms with Crippen LogP contribution < -0.4 is 22.1 Å². The second-order valence-electron chi connectivity index (χ2n) is 7.89. The second-order valence-corrected chi connectivity index (χ2v) is 7.89. The van der Waals surface area contributed by atoms with Crippen LogP contribution in [0.25, 0.3) is 11.0 Å². The summed E-state index contributed by atoms with van der Waals surface area (Å²) in [7, 11) is 0. The van der Waals surface area contributed by atoms with E-state index in [9.17, 15) is 20.1 Å². The predicted molar refractivity (Wildman–Crippen MR) is 118 cm³/mol. The molecule has 12 heteroatoms. The number of hydrogen-bond donors (Lipinski definition) is 7. The van der Waals surface area contributed by atoms with E-state index in [4.69, 9.17) is 16.2 Å². The van der Waals surface area contributed by atoms with E-state index in [1.54, 1.807) is 10.8 Å². The van der Waals surface area contributed by atoms with Crippen molar-refractivity contribution in [1.29, 1.82) is 0 Å². The summed E-state index contributed by atoms with van der Waals surface area (Å²) in [4.78, 5) is 20.1. The van der Waals surface area contributed by atoms with Gasteiger partial charge in [0.15, 0.2) is 6.23 Å². The van der Waals surface area contributed by atoms with Crippen molar-refractivity contribution in [2.75, 3.05) is 31.6 Å². The van der Waals surface area contributed by atoms with Crippen molar-refractivity contribution in [3.8, 4) is 0 Å². The summed E-state index contributed by atoms with van der Waals surface area (Å²) in [5.41, 5.74) is 11.5. The Bertz CT molecular complexity index is 879. The maximum Gasteiger partial charge on any atom is 0.238 e. The van der Waals surface area contributed by atoms with Gasteiger partial charge in [-0.15, -0.1) is 0 Å². The average molecular weight is 452 g/mol. The number of nitrogens with two attached hydrogens (primary N) is 2. The summed E-state index contributed by atoms with van der Waals surface area (Å²) in [6.07, 6.45) is 2.86. The van der Waals surface area contributed by atoms with Gasteiger partial charge < -0.3 is 46.7 Å². The van der Waals surface area contributed by atoms with Crippen LogP contribution in [0.5, 0.6) is 0 Å². The first-order valence-corrected chi connectivity index (χ1v) is 10.9. The molecule has 178 valence electrons. The molecule has 5 atom stereocenters. The molecule has 1 fully saturated rings. The zero-order chi connectivity index (χ0) is 23.1. The first-order chi connectivity index (χ1) is 15.5. The van der Waals surface area contributed by atoms with Crippen LogP contribution in [0.1, 0.15) is 31.9 Å². The average Bonchev–Trinajstić information content (AvgIpc) is 3.36. The number of ether oxygens (including phenoxy) is 1. The Morgan fingerprint density at radius 2 is 1.94 bits per heavy atom. The molecule has 1 amide bonds. The number of nitrogens with zero attached hydrogens (tertiary/aromatic N) is 3. The van der Waals surface area contributed by atoms with Gasteiger partial charge in [-0.05, 0) is 18.9 Å². The van der Waals surface area contributed by atoms with Crippen molar-refractivity contribution in [2.24, 2.45) is 11.5 Å². The number of aliphatic hydroxyl groups excluding tert-OH is 3. The fourth-order valence-corrected chi connectivity index (χ4v) is 3.69. The van der Waals surface area contributed by atoms with Gasteiger partial charge >= 0.3 is 0 Å². The monoisotopic (exact) mass is 451 g/mol. The largest absolute Gasteiger partial charge is 0.394 e. The van der Waals surface area contributed by atoms with E-state index in [-0.39, 0.29) is 19.1 Å². The van der Waals surface area contributed by atoms with Gasteiger partial charge in [-0.2, -0.15) is 0 Å². The summed E-state index contributed by atoms with van der Waals surface area (Å²) >= 11 is 0. The highest BCUT2D eigenvalue weighted by atomic mass is 16.6. The van der Waals surface area contributed by atoms with Crippen molar-refractivity contribution in [2.45, 2.75) is 56.3 Å². The van der Waals surface area contributed by atoms with Crippen LogP contribution >= 0.6 is 0 Å². The van der Waals surface area contributed by atoms with E-state index in [1.165, 1.54) is 6.33 Å². The molecule has 32 heavy (non-hydrogen) atoms. The molecule has 9 N–H and O–H groups in total. The normalized spacial score (nSPS) is 24.0. The van der Waals surface area contributed by atoms with Gasteiger partial charge in [0.05, 0.1) is 18.0 Å². The van der Waals surface area contributed by atoms with E-state index in [2.05, 4.69) is 20.6 Å². The lowest BCUT2D eigenvalue weighted by Gasteiger charge is -2.17. The fourth-order valence-electron chi connectivity index (χ4n) is 3.69. The number of hydrogen-bond acceptors (Lipinski definition) is 10. The Balaban J connectivity index is 1.46. The SMILES string of the molecule is NC[C@@H](N)C(=O)NCCCCCCNc1ncnc2c1ccn2[C@@H]1O[C@H](CO)[C@@H](O)[C@H]1O. The third kappa shape index (κ3) is 5.52. The van der Waals surface area contributed by atoms with Crippen LogP contribution in [0, 0.1) is 0 Å². The number of aliphatic hydroxyl groups is 3. The third-order valence-electron chi connectivity index (χ3n) is 5.59. The predicted octanol–water partition coefficient (Wildman–Crippen LogP) is -1.58. The molecule has 0 bridgehead atoms. The lowest BCUT2D eigenvalue weighted by Crippen LogP contribution is -2.45. The zero-order valence-corrected chi connectivity index (χ0v) is 17.9. The van der Waals surface area contributed by atoms with Crippen molar-refractivity contribution in [3.63, 3.8) is 0 Å². The highest BCUT2D eigenvalue weighted by molar-refractivity contribution is 5.87. The molecule has 2 aromatic rings. The van der Waals surface area contributed by atoms with Crippen LogP contribution in [-0.4, -0.2) is 86.4 Å². The van der Waals surface area contributed by atoms with Gasteiger partial charge in [-0.25, -0.2) is 9.97 Å². The smallest absolute Gasteiger partial charge is 0.238 e. The first-order valence-electron chi connectivity index (χ1n) is 10.9. The van der Waals surface area contributed by atoms with Crippen LogP contribution in [0.2, 0.25) is 0 Å². The highest BCUT2D eigenvalue weighted by Crippen LogP contribution is 2.33. The summed E-state index contributed by atoms with van der Waals surface area (Å²) in [6, 6.07) is 1.17. The lowest BCUT2D eigenvalue weighted by molar-refractivity contribution is -0.122. The van der Waals surface area contributed by atoms with E-state index in [0.717, 1.165) is 37.6 Å². The van der Waals surface area contributed by atoms with Crippen molar-refractivity contribution < 1.29 is 24.9 Å². The number of nitrogens with one attached hydrogen (secondary N) is 2. The number of unbranched alkanes of at least 4 members (excludes halogenated alkanes) is 3. The summed E-state index contributed by atoms with van der Waals surface area (Å²) in [5.74, 6) is 0.453. The Morgan fingerprint density at radius 3 is 2.62 bits per heavy atom. The number of carbonyl (C=O) groups is 1. The molecule has 0 spiro atoms. The number of carbonyl (C=O) groups excluding carboxylic acids is 1. The van der Waals surface area contributed by atoms with Gasteiger partial charge in [0.1, 0.15) is 36.1 Å². The summed E-state index contributed by atoms with van der Waals surface area (Å²) in [5, 5.41) is 36.5. The van der Waals surface area contributed by atoms with Gasteiger partial charge in [0.2, 0.25) is 5.91 Å². The first kappa shape index (κ1) is 24.3. The number of fused-ring (bicyclic) bond motifs is 1. The van der Waals surface area contributed by atoms with Gasteiger partial charge in [-0.1, -0.05) is 12.8 Å². The standard InChI is InChI=1S/C20H33N7O5/c21-9-13(22)19(31)24-7-4-2-1-3-6-23-17-12-5-8-27(18(12)26-11-25-17)20-16(30)15(29)14(10-28)32-20/h5,8,11,13-16,20,28-30H,1-4,6-7,9-10,21-22H2,(H,24,31)(H,23,25,26)/t13-,14-,15-,16-,20-/m1/s1. The molecule has 0 radical (unpaired) electrons. The van der Waals surface area contributed by atoms with E-state index in [1.807, 2.05) is 6.07 Å². The zero-order valence-electron chi connectivity index (χ0n) is 17.9. The molecule has 1 saturated heterocycles. The van der Waals surface area contributed by atoms with E-state index < -0.39 is 30.6 Å². The Labute approximate surface area is 186 Å². The minimum absolute atomic E-state index is 0.136. The molecule has 0 aliphatic carbocycles. The van der Waals surface area contributed by atoms with Crippen molar-refractivity contribution in [3.05, 3.63) is 18.6 Å². The number of aromatic nitrogens is 3. The van der Waals surface area contributed by atoms with Crippen LogP contribution in [0.3, 0.4) is 0 Å². The Morgan fingerprint density at radius 1 is 1.19 bits per heavy atom. The molecule has 0 unspecified atom stereocenters. The minimum Gasteiger partial charge on any atom is -0.394 e. The van der Waals surface area contributed by atoms with E-state index in [0.29, 0.717) is 18.0 Å². The minimum atomic E-state index is -1.18. The number of amides is 1. The fraction of sp³-hybridized carbons (Fsp3) is 0.650. The molecule has 2 aromatic heterocycles. The van der Waals surface area contributed by atoms with E-state index >= 15 is 0 Å². The third-order valence-corrected chi connectivity index (χ3v) is 5.59. The maximum absolute atomic E-state index is 11.5. The van der Waals surface area contributed by atoms with Crippen LogP contribution in [0.15, 0.2) is 18.6 Å². The van der Waals surface area contributed by atoms with Gasteiger partial charge in [0, 0.05) is 25.8 Å². The molecule has 12 nitrogen and oxygen atoms in total.